The fraction of sp³-hybridized carbons (Fsp3) is 0.176. The summed E-state index contributed by atoms with van der Waals surface area (Å²) in [6.07, 6.45) is 0. The molecule has 7 nitrogen and oxygen atoms in total. The maximum atomic E-state index is 12.5. The molecule has 2 aromatic rings. The van der Waals surface area contributed by atoms with Gasteiger partial charge >= 0.3 is 5.97 Å². The number of ether oxygens (including phenoxy) is 4. The van der Waals surface area contributed by atoms with Crippen molar-refractivity contribution < 1.29 is 28.5 Å². The van der Waals surface area contributed by atoms with Crippen LogP contribution in [0.5, 0.6) is 17.2 Å². The molecule has 25 heavy (non-hydrogen) atoms. The number of fused-ring (bicyclic) bond motifs is 1. The van der Waals surface area contributed by atoms with Crippen molar-refractivity contribution in [3.8, 4) is 17.2 Å². The van der Waals surface area contributed by atoms with E-state index in [2.05, 4.69) is 5.32 Å². The van der Waals surface area contributed by atoms with Crippen molar-refractivity contribution in [2.75, 3.05) is 26.3 Å². The maximum absolute atomic E-state index is 12.5. The van der Waals surface area contributed by atoms with Gasteiger partial charge in [0.15, 0.2) is 11.5 Å². The molecule has 0 bridgehead atoms. The molecule has 1 amide bonds. The number of hydrogen-bond donors (Lipinski definition) is 1. The molecule has 0 unspecified atom stereocenters. The van der Waals surface area contributed by atoms with Gasteiger partial charge in [0.05, 0.1) is 30.5 Å². The largest absolute Gasteiger partial charge is 0.497 e. The Kier molecular flexibility index (Phi) is 4.67. The summed E-state index contributed by atoms with van der Waals surface area (Å²) in [7, 11) is 2.73. The first kappa shape index (κ1) is 16.9. The van der Waals surface area contributed by atoms with Crippen LogP contribution in [0, 0.1) is 0 Å². The first-order chi connectivity index (χ1) is 12.0. The third kappa shape index (κ3) is 3.32. The molecule has 0 radical (unpaired) electrons. The number of rotatable bonds is 4. The molecular weight excluding hydrogens is 350 g/mol. The Morgan fingerprint density at radius 1 is 1.16 bits per heavy atom. The van der Waals surface area contributed by atoms with E-state index in [1.165, 1.54) is 32.4 Å². The van der Waals surface area contributed by atoms with E-state index in [0.29, 0.717) is 17.2 Å². The number of carbonyl (C=O) groups excluding carboxylic acids is 2. The van der Waals surface area contributed by atoms with Crippen molar-refractivity contribution in [1.29, 1.82) is 0 Å². The lowest BCUT2D eigenvalue weighted by Crippen LogP contribution is -2.15. The van der Waals surface area contributed by atoms with E-state index in [-0.39, 0.29) is 28.6 Å². The van der Waals surface area contributed by atoms with E-state index < -0.39 is 11.9 Å². The predicted octanol–water partition coefficient (Wildman–Crippen LogP) is 3.12. The second-order valence-electron chi connectivity index (χ2n) is 5.05. The lowest BCUT2D eigenvalue weighted by atomic mass is 10.1. The number of benzene rings is 2. The molecule has 0 fully saturated rings. The summed E-state index contributed by atoms with van der Waals surface area (Å²) in [4.78, 5) is 24.5. The Morgan fingerprint density at radius 3 is 2.68 bits per heavy atom. The van der Waals surface area contributed by atoms with E-state index in [1.807, 2.05) is 0 Å². The van der Waals surface area contributed by atoms with Crippen molar-refractivity contribution in [2.45, 2.75) is 0 Å². The number of methoxy groups -OCH3 is 2. The van der Waals surface area contributed by atoms with Gasteiger partial charge in [-0.15, -0.1) is 0 Å². The van der Waals surface area contributed by atoms with Crippen LogP contribution < -0.4 is 19.5 Å². The number of amides is 1. The summed E-state index contributed by atoms with van der Waals surface area (Å²) < 4.78 is 20.3. The van der Waals surface area contributed by atoms with Crippen LogP contribution >= 0.6 is 11.6 Å². The summed E-state index contributed by atoms with van der Waals surface area (Å²) in [6, 6.07) is 7.64. The molecule has 0 spiro atoms. The van der Waals surface area contributed by atoms with Gasteiger partial charge in [-0.2, -0.15) is 0 Å². The van der Waals surface area contributed by atoms with E-state index in [9.17, 15) is 9.59 Å². The van der Waals surface area contributed by atoms with Gasteiger partial charge in [-0.1, -0.05) is 11.6 Å². The van der Waals surface area contributed by atoms with Crippen LogP contribution in [0.15, 0.2) is 30.3 Å². The van der Waals surface area contributed by atoms with Gasteiger partial charge in [-0.25, -0.2) is 4.79 Å². The lowest BCUT2D eigenvalue weighted by Gasteiger charge is -2.12. The molecule has 1 aliphatic heterocycles. The van der Waals surface area contributed by atoms with Crippen molar-refractivity contribution in [3.05, 3.63) is 46.5 Å². The van der Waals surface area contributed by atoms with E-state index >= 15 is 0 Å². The monoisotopic (exact) mass is 363 g/mol. The Hall–Kier alpha value is -2.93. The minimum Gasteiger partial charge on any atom is -0.497 e. The average molecular weight is 364 g/mol. The highest BCUT2D eigenvalue weighted by atomic mass is 35.5. The Balaban J connectivity index is 1.91. The van der Waals surface area contributed by atoms with E-state index in [1.54, 1.807) is 12.1 Å². The molecule has 2 aromatic carbocycles. The number of halogens is 1. The Labute approximate surface area is 148 Å². The van der Waals surface area contributed by atoms with Crippen molar-refractivity contribution in [2.24, 2.45) is 0 Å². The zero-order valence-electron chi connectivity index (χ0n) is 13.4. The van der Waals surface area contributed by atoms with Crippen molar-refractivity contribution in [3.63, 3.8) is 0 Å². The molecule has 0 saturated heterocycles. The first-order valence-electron chi connectivity index (χ1n) is 7.20. The fourth-order valence-electron chi connectivity index (χ4n) is 2.33. The van der Waals surface area contributed by atoms with Crippen LogP contribution in [0.2, 0.25) is 5.02 Å². The minimum atomic E-state index is -0.599. The molecule has 0 atom stereocenters. The molecule has 1 N–H and O–H groups in total. The third-order valence-electron chi connectivity index (χ3n) is 3.57. The van der Waals surface area contributed by atoms with Gasteiger partial charge in [0.25, 0.3) is 5.91 Å². The van der Waals surface area contributed by atoms with Gasteiger partial charge in [-0.3, -0.25) is 4.79 Å². The number of nitrogens with one attached hydrogen (secondary N) is 1. The predicted molar refractivity (Wildman–Crippen MR) is 89.9 cm³/mol. The highest BCUT2D eigenvalue weighted by molar-refractivity contribution is 6.33. The van der Waals surface area contributed by atoms with E-state index in [4.69, 9.17) is 30.5 Å². The molecule has 8 heteroatoms. The van der Waals surface area contributed by atoms with Gasteiger partial charge in [0.2, 0.25) is 6.79 Å². The second-order valence-corrected chi connectivity index (χ2v) is 5.46. The molecule has 130 valence electrons. The van der Waals surface area contributed by atoms with E-state index in [0.717, 1.165) is 0 Å². The summed E-state index contributed by atoms with van der Waals surface area (Å²) in [5.41, 5.74) is 0.717. The number of anilines is 1. The van der Waals surface area contributed by atoms with Crippen LogP contribution in [-0.4, -0.2) is 32.9 Å². The molecule has 3 rings (SSSR count). The SMILES string of the molecule is COC(=O)c1cc(OC)ccc1NC(=O)c1cc(Cl)c2c(c1)OCO2. The van der Waals surface area contributed by atoms with Crippen molar-refractivity contribution >= 4 is 29.2 Å². The van der Waals surface area contributed by atoms with Crippen LogP contribution in [0.25, 0.3) is 0 Å². The molecule has 1 heterocycles. The van der Waals surface area contributed by atoms with Gasteiger partial charge < -0.3 is 24.3 Å². The number of hydrogen-bond acceptors (Lipinski definition) is 6. The van der Waals surface area contributed by atoms with Gasteiger partial charge in [0, 0.05) is 5.56 Å². The summed E-state index contributed by atoms with van der Waals surface area (Å²) in [5, 5.41) is 2.93. The summed E-state index contributed by atoms with van der Waals surface area (Å²) >= 11 is 6.09. The normalized spacial score (nSPS) is 11.8. The number of esters is 1. The van der Waals surface area contributed by atoms with Crippen LogP contribution in [0.4, 0.5) is 5.69 Å². The molecule has 1 aliphatic rings. The molecular formula is C17H14ClNO6. The Bertz CT molecular complexity index is 851. The quantitative estimate of drug-likeness (QED) is 0.840. The summed E-state index contributed by atoms with van der Waals surface area (Å²) in [5.74, 6) is 0.191. The fourth-order valence-corrected chi connectivity index (χ4v) is 2.60. The average Bonchev–Trinajstić information content (AvgIpc) is 3.10. The van der Waals surface area contributed by atoms with Gasteiger partial charge in [0.1, 0.15) is 5.75 Å². The first-order valence-corrected chi connectivity index (χ1v) is 7.58. The smallest absolute Gasteiger partial charge is 0.340 e. The zero-order valence-corrected chi connectivity index (χ0v) is 14.2. The van der Waals surface area contributed by atoms with Crippen LogP contribution in [-0.2, 0) is 4.74 Å². The molecule has 0 aromatic heterocycles. The second kappa shape index (κ2) is 6.90. The standard InChI is InChI=1S/C17H14ClNO6/c1-22-10-3-4-13(11(7-10)17(21)23-2)19-16(20)9-5-12(18)15-14(6-9)24-8-25-15/h3-7H,8H2,1-2H3,(H,19,20). The molecule has 0 saturated carbocycles. The number of carbonyl (C=O) groups is 2. The lowest BCUT2D eigenvalue weighted by molar-refractivity contribution is 0.0601. The summed E-state index contributed by atoms with van der Waals surface area (Å²) in [6.45, 7) is 0.0467. The molecule has 0 aliphatic carbocycles. The van der Waals surface area contributed by atoms with Crippen LogP contribution in [0.3, 0.4) is 0 Å². The van der Waals surface area contributed by atoms with Crippen molar-refractivity contribution in [1.82, 2.24) is 0 Å². The zero-order chi connectivity index (χ0) is 18.0. The Morgan fingerprint density at radius 2 is 1.96 bits per heavy atom. The maximum Gasteiger partial charge on any atom is 0.340 e. The third-order valence-corrected chi connectivity index (χ3v) is 3.85. The highest BCUT2D eigenvalue weighted by Crippen LogP contribution is 2.40. The highest BCUT2D eigenvalue weighted by Gasteiger charge is 2.22. The topological polar surface area (TPSA) is 83.1 Å². The van der Waals surface area contributed by atoms with Crippen LogP contribution in [0.1, 0.15) is 20.7 Å². The van der Waals surface area contributed by atoms with Gasteiger partial charge in [-0.05, 0) is 30.3 Å². The minimum absolute atomic E-state index is 0.0467.